The standard InChI is InChI=1S/C24H29F4N/c1-3-4-5-17-6-8-18(9-7-17)16(2)19-10-12-21(22(25)14-19)20-11-13-23(29-15-20)24(26,27)28/h10-18H,3-9H2,1-2H3. The maximum Gasteiger partial charge on any atom is 0.433 e. The molecule has 0 radical (unpaired) electrons. The van der Waals surface area contributed by atoms with E-state index in [9.17, 15) is 17.6 Å². The van der Waals surface area contributed by atoms with Crippen LogP contribution in [0, 0.1) is 17.7 Å². The van der Waals surface area contributed by atoms with Crippen LogP contribution in [0.25, 0.3) is 11.1 Å². The lowest BCUT2D eigenvalue weighted by molar-refractivity contribution is -0.141. The van der Waals surface area contributed by atoms with Gasteiger partial charge in [-0.15, -0.1) is 0 Å². The van der Waals surface area contributed by atoms with E-state index in [2.05, 4.69) is 18.8 Å². The Balaban J connectivity index is 1.68. The summed E-state index contributed by atoms with van der Waals surface area (Å²) in [6, 6.07) is 7.28. The first-order chi connectivity index (χ1) is 13.8. The number of hydrogen-bond donors (Lipinski definition) is 0. The highest BCUT2D eigenvalue weighted by molar-refractivity contribution is 5.63. The molecule has 1 fully saturated rings. The molecule has 3 rings (SSSR count). The Morgan fingerprint density at radius 3 is 2.34 bits per heavy atom. The maximum absolute atomic E-state index is 14.7. The summed E-state index contributed by atoms with van der Waals surface area (Å²) in [4.78, 5) is 3.44. The first-order valence-electron chi connectivity index (χ1n) is 10.6. The van der Waals surface area contributed by atoms with Gasteiger partial charge in [0.2, 0.25) is 0 Å². The van der Waals surface area contributed by atoms with Gasteiger partial charge in [0.05, 0.1) is 0 Å². The van der Waals surface area contributed by atoms with Gasteiger partial charge in [0.1, 0.15) is 11.5 Å². The molecule has 5 heteroatoms. The van der Waals surface area contributed by atoms with Crippen molar-refractivity contribution in [3.8, 4) is 11.1 Å². The number of rotatable bonds is 6. The zero-order valence-corrected chi connectivity index (χ0v) is 17.1. The van der Waals surface area contributed by atoms with Crippen LogP contribution in [0.5, 0.6) is 0 Å². The lowest BCUT2D eigenvalue weighted by Crippen LogP contribution is -2.19. The number of pyridine rings is 1. The van der Waals surface area contributed by atoms with Crippen LogP contribution in [0.3, 0.4) is 0 Å². The molecule has 0 bridgehead atoms. The lowest BCUT2D eigenvalue weighted by Gasteiger charge is -2.32. The van der Waals surface area contributed by atoms with Gasteiger partial charge in [-0.2, -0.15) is 13.2 Å². The highest BCUT2D eigenvalue weighted by atomic mass is 19.4. The second-order valence-corrected chi connectivity index (χ2v) is 8.38. The molecule has 1 aliphatic rings. The van der Waals surface area contributed by atoms with E-state index in [0.29, 0.717) is 11.5 Å². The highest BCUT2D eigenvalue weighted by Gasteiger charge is 2.32. The van der Waals surface area contributed by atoms with Gasteiger partial charge in [0.25, 0.3) is 0 Å². The molecule has 0 amide bonds. The number of unbranched alkanes of at least 4 members (excludes halogenated alkanes) is 1. The van der Waals surface area contributed by atoms with Gasteiger partial charge in [0.15, 0.2) is 0 Å². The van der Waals surface area contributed by atoms with Crippen LogP contribution in [0.4, 0.5) is 17.6 Å². The molecule has 1 unspecified atom stereocenters. The smallest absolute Gasteiger partial charge is 0.251 e. The van der Waals surface area contributed by atoms with Gasteiger partial charge in [0, 0.05) is 17.3 Å². The molecular formula is C24H29F4N. The van der Waals surface area contributed by atoms with Gasteiger partial charge >= 0.3 is 6.18 Å². The van der Waals surface area contributed by atoms with Crippen LogP contribution < -0.4 is 0 Å². The molecule has 29 heavy (non-hydrogen) atoms. The summed E-state index contributed by atoms with van der Waals surface area (Å²) in [6.07, 6.45) is 5.34. The van der Waals surface area contributed by atoms with Crippen molar-refractivity contribution in [3.05, 3.63) is 53.6 Å². The summed E-state index contributed by atoms with van der Waals surface area (Å²) >= 11 is 0. The van der Waals surface area contributed by atoms with Crippen LogP contribution in [0.2, 0.25) is 0 Å². The van der Waals surface area contributed by atoms with Crippen molar-refractivity contribution in [1.82, 2.24) is 4.98 Å². The Kier molecular flexibility index (Phi) is 6.97. The Morgan fingerprint density at radius 2 is 1.79 bits per heavy atom. The minimum atomic E-state index is -4.49. The summed E-state index contributed by atoms with van der Waals surface area (Å²) in [7, 11) is 0. The number of aromatic nitrogens is 1. The molecule has 0 saturated heterocycles. The highest BCUT2D eigenvalue weighted by Crippen LogP contribution is 2.40. The fraction of sp³-hybridized carbons (Fsp3) is 0.542. The minimum Gasteiger partial charge on any atom is -0.251 e. The van der Waals surface area contributed by atoms with Crippen LogP contribution >= 0.6 is 0 Å². The van der Waals surface area contributed by atoms with E-state index in [1.165, 1.54) is 51.0 Å². The second kappa shape index (κ2) is 9.27. The molecule has 2 aromatic rings. The van der Waals surface area contributed by atoms with Crippen molar-refractivity contribution in [2.45, 2.75) is 70.9 Å². The van der Waals surface area contributed by atoms with Gasteiger partial charge < -0.3 is 0 Å². The fourth-order valence-corrected chi connectivity index (χ4v) is 4.51. The number of nitrogens with zero attached hydrogens (tertiary/aromatic N) is 1. The molecule has 1 aromatic carbocycles. The third kappa shape index (κ3) is 5.37. The topological polar surface area (TPSA) is 12.9 Å². The van der Waals surface area contributed by atoms with Gasteiger partial charge in [-0.3, -0.25) is 4.98 Å². The largest absolute Gasteiger partial charge is 0.433 e. The molecular weight excluding hydrogens is 378 g/mol. The third-order valence-corrected chi connectivity index (χ3v) is 6.45. The number of halogens is 4. The predicted octanol–water partition coefficient (Wildman–Crippen LogP) is 8.01. The zero-order chi connectivity index (χ0) is 21.0. The molecule has 0 aliphatic heterocycles. The van der Waals surface area contributed by atoms with Gasteiger partial charge in [-0.05, 0) is 48.3 Å². The first kappa shape index (κ1) is 21.8. The Hall–Kier alpha value is -1.91. The van der Waals surface area contributed by atoms with Crippen molar-refractivity contribution in [1.29, 1.82) is 0 Å². The third-order valence-electron chi connectivity index (χ3n) is 6.45. The molecule has 1 atom stereocenters. The molecule has 0 spiro atoms. The first-order valence-corrected chi connectivity index (χ1v) is 10.6. The lowest BCUT2D eigenvalue weighted by atomic mass is 9.73. The van der Waals surface area contributed by atoms with Crippen LogP contribution in [-0.4, -0.2) is 4.98 Å². The summed E-state index contributed by atoms with van der Waals surface area (Å²) in [5.74, 6) is 1.26. The Morgan fingerprint density at radius 1 is 1.07 bits per heavy atom. The van der Waals surface area contributed by atoms with E-state index in [-0.39, 0.29) is 11.5 Å². The van der Waals surface area contributed by atoms with Crippen LogP contribution in [-0.2, 0) is 6.18 Å². The van der Waals surface area contributed by atoms with E-state index in [0.717, 1.165) is 23.7 Å². The van der Waals surface area contributed by atoms with E-state index < -0.39 is 17.7 Å². The second-order valence-electron chi connectivity index (χ2n) is 8.38. The summed E-state index contributed by atoms with van der Waals surface area (Å²) in [5, 5.41) is 0. The average molecular weight is 407 g/mol. The Labute approximate surface area is 170 Å². The summed E-state index contributed by atoms with van der Waals surface area (Å²) in [5.41, 5.74) is 0.626. The number of alkyl halides is 3. The van der Waals surface area contributed by atoms with E-state index >= 15 is 0 Å². The van der Waals surface area contributed by atoms with E-state index in [1.54, 1.807) is 12.1 Å². The number of benzene rings is 1. The molecule has 158 valence electrons. The van der Waals surface area contributed by atoms with E-state index in [4.69, 9.17) is 0 Å². The summed E-state index contributed by atoms with van der Waals surface area (Å²) < 4.78 is 52.8. The van der Waals surface area contributed by atoms with Crippen molar-refractivity contribution in [2.75, 3.05) is 0 Å². The van der Waals surface area contributed by atoms with Gasteiger partial charge in [-0.25, -0.2) is 4.39 Å². The average Bonchev–Trinajstić information content (AvgIpc) is 2.71. The van der Waals surface area contributed by atoms with Crippen molar-refractivity contribution in [3.63, 3.8) is 0 Å². The fourth-order valence-electron chi connectivity index (χ4n) is 4.51. The molecule has 1 nitrogen and oxygen atoms in total. The molecule has 1 aliphatic carbocycles. The SMILES string of the molecule is CCCCC1CCC(C(C)c2ccc(-c3ccc(C(F)(F)F)nc3)c(F)c2)CC1. The van der Waals surface area contributed by atoms with Gasteiger partial charge in [-0.1, -0.05) is 64.2 Å². The zero-order valence-electron chi connectivity index (χ0n) is 17.1. The molecule has 1 aromatic heterocycles. The van der Waals surface area contributed by atoms with Crippen LogP contribution in [0.15, 0.2) is 36.5 Å². The van der Waals surface area contributed by atoms with E-state index in [1.807, 2.05) is 6.07 Å². The molecule has 1 heterocycles. The predicted molar refractivity (Wildman–Crippen MR) is 108 cm³/mol. The normalized spacial score (nSPS) is 21.2. The monoisotopic (exact) mass is 407 g/mol. The van der Waals surface area contributed by atoms with Crippen molar-refractivity contribution >= 4 is 0 Å². The maximum atomic E-state index is 14.7. The quantitative estimate of drug-likeness (QED) is 0.442. The molecule has 0 N–H and O–H groups in total. The minimum absolute atomic E-state index is 0.274. The summed E-state index contributed by atoms with van der Waals surface area (Å²) in [6.45, 7) is 4.39. The van der Waals surface area contributed by atoms with Crippen molar-refractivity contribution in [2.24, 2.45) is 11.8 Å². The van der Waals surface area contributed by atoms with Crippen LogP contribution in [0.1, 0.15) is 76.0 Å². The number of hydrogen-bond acceptors (Lipinski definition) is 1. The Bertz CT molecular complexity index is 790. The molecule has 1 saturated carbocycles. The van der Waals surface area contributed by atoms with Crippen molar-refractivity contribution < 1.29 is 17.6 Å².